The average molecular weight is 404 g/mol. The third-order valence-corrected chi connectivity index (χ3v) is 7.19. The lowest BCUT2D eigenvalue weighted by atomic mass is 9.98. The lowest BCUT2D eigenvalue weighted by Crippen LogP contribution is -2.44. The summed E-state index contributed by atoms with van der Waals surface area (Å²) in [6.07, 6.45) is 3.68. The summed E-state index contributed by atoms with van der Waals surface area (Å²) in [6, 6.07) is 4.96. The van der Waals surface area contributed by atoms with Gasteiger partial charge in [-0.2, -0.15) is 9.71 Å². The summed E-state index contributed by atoms with van der Waals surface area (Å²) in [5, 5.41) is 3.99. The Kier molecular flexibility index (Phi) is 4.54. The number of rotatable bonds is 4. The number of amides is 1. The van der Waals surface area contributed by atoms with Crippen molar-refractivity contribution in [2.24, 2.45) is 0 Å². The van der Waals surface area contributed by atoms with Crippen molar-refractivity contribution in [1.29, 1.82) is 0 Å². The van der Waals surface area contributed by atoms with Gasteiger partial charge in [0.1, 0.15) is 0 Å². The minimum Gasteiger partial charge on any atom is -0.340 e. The molecular weight excluding hydrogens is 380 g/mol. The van der Waals surface area contributed by atoms with E-state index in [4.69, 9.17) is 4.52 Å². The molecule has 1 atom stereocenters. The third-order valence-electron chi connectivity index (χ3n) is 5.66. The van der Waals surface area contributed by atoms with E-state index in [1.807, 2.05) is 6.92 Å². The van der Waals surface area contributed by atoms with E-state index in [0.29, 0.717) is 31.0 Å². The van der Waals surface area contributed by atoms with Crippen molar-refractivity contribution in [2.45, 2.75) is 69.4 Å². The Labute approximate surface area is 164 Å². The fraction of sp³-hybridized carbons (Fsp3) is 0.526. The third kappa shape index (κ3) is 3.12. The lowest BCUT2D eigenvalue weighted by Gasteiger charge is -2.26. The van der Waals surface area contributed by atoms with E-state index in [0.717, 1.165) is 24.1 Å². The molecule has 28 heavy (non-hydrogen) atoms. The summed E-state index contributed by atoms with van der Waals surface area (Å²) in [5.74, 6) is 0.761. The molecule has 1 unspecified atom stereocenters. The summed E-state index contributed by atoms with van der Waals surface area (Å²) in [6.45, 7) is 5.17. The van der Waals surface area contributed by atoms with Crippen molar-refractivity contribution >= 4 is 21.6 Å². The number of carbonyl (C=O) groups is 1. The summed E-state index contributed by atoms with van der Waals surface area (Å²) in [7, 11) is -3.79. The number of sulfonamides is 1. The molecule has 2 aliphatic rings. The second-order valence-electron chi connectivity index (χ2n) is 7.76. The molecule has 1 aromatic heterocycles. The summed E-state index contributed by atoms with van der Waals surface area (Å²) < 4.78 is 34.3. The van der Waals surface area contributed by atoms with Crippen molar-refractivity contribution in [1.82, 2.24) is 14.9 Å². The number of hydrogen-bond donors (Lipinski definition) is 1. The number of anilines is 1. The normalized spacial score (nSPS) is 21.1. The van der Waals surface area contributed by atoms with Crippen LogP contribution in [0.2, 0.25) is 0 Å². The molecule has 2 heterocycles. The minimum atomic E-state index is -3.79. The molecule has 8 nitrogen and oxygen atoms in total. The molecule has 9 heteroatoms. The van der Waals surface area contributed by atoms with Crippen LogP contribution in [-0.2, 0) is 26.8 Å². The van der Waals surface area contributed by atoms with Gasteiger partial charge < -0.3 is 9.42 Å². The molecule has 0 saturated heterocycles. The van der Waals surface area contributed by atoms with E-state index < -0.39 is 15.6 Å². The van der Waals surface area contributed by atoms with Crippen LogP contribution in [0.5, 0.6) is 0 Å². The number of benzene rings is 1. The Morgan fingerprint density at radius 1 is 1.32 bits per heavy atom. The number of aryl methyl sites for hydroxylation is 1. The molecule has 1 saturated carbocycles. The zero-order chi connectivity index (χ0) is 20.1. The Balaban J connectivity index is 1.68. The monoisotopic (exact) mass is 404 g/mol. The minimum absolute atomic E-state index is 0.0156. The fourth-order valence-electron chi connectivity index (χ4n) is 4.41. The van der Waals surface area contributed by atoms with Crippen LogP contribution in [-0.4, -0.2) is 30.5 Å². The highest BCUT2D eigenvalue weighted by atomic mass is 32.2. The van der Waals surface area contributed by atoms with Gasteiger partial charge >= 0.3 is 0 Å². The van der Waals surface area contributed by atoms with Gasteiger partial charge in [0.2, 0.25) is 21.8 Å². The SMILES string of the molecule is CC(=O)N1c2ccc(S(=O)(=O)NC3(c4noc(C)n4)CCCC3)cc2CC1C. The lowest BCUT2D eigenvalue weighted by molar-refractivity contribution is -0.116. The fourth-order valence-corrected chi connectivity index (χ4v) is 5.89. The highest BCUT2D eigenvalue weighted by Gasteiger charge is 2.43. The largest absolute Gasteiger partial charge is 0.340 e. The summed E-state index contributed by atoms with van der Waals surface area (Å²) >= 11 is 0. The molecule has 1 aromatic carbocycles. The zero-order valence-electron chi connectivity index (χ0n) is 16.2. The molecular formula is C19H24N4O4S. The van der Waals surface area contributed by atoms with Crippen molar-refractivity contribution < 1.29 is 17.7 Å². The van der Waals surface area contributed by atoms with Crippen LogP contribution < -0.4 is 9.62 Å². The van der Waals surface area contributed by atoms with Gasteiger partial charge in [-0.1, -0.05) is 18.0 Å². The van der Waals surface area contributed by atoms with Gasteiger partial charge in [-0.15, -0.1) is 0 Å². The molecule has 150 valence electrons. The Hall–Kier alpha value is -2.26. The maximum atomic E-state index is 13.2. The number of aromatic nitrogens is 2. The van der Waals surface area contributed by atoms with Crippen LogP contribution in [0, 0.1) is 6.92 Å². The molecule has 1 N–H and O–H groups in total. The molecule has 0 bridgehead atoms. The number of nitrogens with one attached hydrogen (secondary N) is 1. The molecule has 0 radical (unpaired) electrons. The van der Waals surface area contributed by atoms with Crippen molar-refractivity contribution in [3.05, 3.63) is 35.5 Å². The quantitative estimate of drug-likeness (QED) is 0.839. The molecule has 1 fully saturated rings. The van der Waals surface area contributed by atoms with E-state index in [1.54, 1.807) is 30.0 Å². The van der Waals surface area contributed by atoms with Gasteiger partial charge in [0.15, 0.2) is 5.82 Å². The average Bonchev–Trinajstić information content (AvgIpc) is 3.32. The highest BCUT2D eigenvalue weighted by Crippen LogP contribution is 2.39. The van der Waals surface area contributed by atoms with Gasteiger partial charge in [0.05, 0.1) is 10.4 Å². The first kappa shape index (κ1) is 19.1. The number of hydrogen-bond acceptors (Lipinski definition) is 6. The van der Waals surface area contributed by atoms with Crippen LogP contribution in [0.15, 0.2) is 27.6 Å². The molecule has 4 rings (SSSR count). The van der Waals surface area contributed by atoms with Crippen LogP contribution >= 0.6 is 0 Å². The van der Waals surface area contributed by atoms with E-state index in [9.17, 15) is 13.2 Å². The van der Waals surface area contributed by atoms with Gasteiger partial charge in [-0.25, -0.2) is 8.42 Å². The van der Waals surface area contributed by atoms with Crippen molar-refractivity contribution in [2.75, 3.05) is 4.90 Å². The summed E-state index contributed by atoms with van der Waals surface area (Å²) in [4.78, 5) is 18.1. The first-order valence-electron chi connectivity index (χ1n) is 9.49. The molecule has 1 amide bonds. The van der Waals surface area contributed by atoms with Crippen LogP contribution in [0.4, 0.5) is 5.69 Å². The maximum Gasteiger partial charge on any atom is 0.241 e. The maximum absolute atomic E-state index is 13.2. The predicted molar refractivity (Wildman–Crippen MR) is 102 cm³/mol. The summed E-state index contributed by atoms with van der Waals surface area (Å²) in [5.41, 5.74) is 0.804. The van der Waals surface area contributed by atoms with Crippen LogP contribution in [0.3, 0.4) is 0 Å². The van der Waals surface area contributed by atoms with E-state index in [1.165, 1.54) is 6.92 Å². The number of fused-ring (bicyclic) bond motifs is 1. The van der Waals surface area contributed by atoms with Crippen molar-refractivity contribution in [3.63, 3.8) is 0 Å². The second kappa shape index (κ2) is 6.66. The van der Waals surface area contributed by atoms with E-state index >= 15 is 0 Å². The first-order valence-corrected chi connectivity index (χ1v) is 11.0. The van der Waals surface area contributed by atoms with Gasteiger partial charge in [-0.05, 0) is 49.9 Å². The number of nitrogens with zero attached hydrogens (tertiary/aromatic N) is 3. The van der Waals surface area contributed by atoms with Crippen molar-refractivity contribution in [3.8, 4) is 0 Å². The van der Waals surface area contributed by atoms with Crippen LogP contribution in [0.1, 0.15) is 56.8 Å². The molecule has 1 aliphatic carbocycles. The Morgan fingerprint density at radius 3 is 2.64 bits per heavy atom. The smallest absolute Gasteiger partial charge is 0.241 e. The zero-order valence-corrected chi connectivity index (χ0v) is 17.0. The standard InChI is InChI=1S/C19H24N4O4S/c1-12-10-15-11-16(6-7-17(15)23(12)14(3)24)28(25,26)22-19(8-4-5-9-19)18-20-13(2)27-21-18/h6-7,11-12,22H,4-5,8-10H2,1-3H3. The van der Waals surface area contributed by atoms with Crippen LogP contribution in [0.25, 0.3) is 0 Å². The highest BCUT2D eigenvalue weighted by molar-refractivity contribution is 7.89. The van der Waals surface area contributed by atoms with Gasteiger partial charge in [0.25, 0.3) is 0 Å². The Morgan fingerprint density at radius 2 is 2.04 bits per heavy atom. The molecule has 1 aliphatic heterocycles. The Bertz CT molecular complexity index is 1020. The second-order valence-corrected chi connectivity index (χ2v) is 9.45. The number of carbonyl (C=O) groups excluding carboxylic acids is 1. The predicted octanol–water partition coefficient (Wildman–Crippen LogP) is 2.42. The van der Waals surface area contributed by atoms with E-state index in [-0.39, 0.29) is 16.8 Å². The first-order chi connectivity index (χ1) is 13.2. The van der Waals surface area contributed by atoms with Gasteiger partial charge in [-0.3, -0.25) is 4.79 Å². The molecule has 2 aromatic rings. The molecule has 0 spiro atoms. The van der Waals surface area contributed by atoms with E-state index in [2.05, 4.69) is 14.9 Å². The van der Waals surface area contributed by atoms with Gasteiger partial charge in [0, 0.05) is 25.6 Å². The topological polar surface area (TPSA) is 105 Å².